The summed E-state index contributed by atoms with van der Waals surface area (Å²) in [7, 11) is -2.13. The molecule has 2 N–H and O–H groups in total. The van der Waals surface area contributed by atoms with Crippen LogP contribution in [0.15, 0.2) is 55.0 Å². The van der Waals surface area contributed by atoms with Crippen LogP contribution in [-0.4, -0.2) is 91.5 Å². The van der Waals surface area contributed by atoms with Crippen molar-refractivity contribution in [3.8, 4) is 5.88 Å². The number of carbonyl (C=O) groups is 4. The summed E-state index contributed by atoms with van der Waals surface area (Å²) < 4.78 is 36.2. The van der Waals surface area contributed by atoms with E-state index in [0.29, 0.717) is 49.0 Å². The Morgan fingerprint density at radius 1 is 1.04 bits per heavy atom. The van der Waals surface area contributed by atoms with Crippen molar-refractivity contribution in [2.45, 2.75) is 94.6 Å². The van der Waals surface area contributed by atoms with Crippen molar-refractivity contribution in [2.75, 3.05) is 6.54 Å². The Morgan fingerprint density at radius 2 is 1.84 bits per heavy atom. The maximum atomic E-state index is 14.7. The molecule has 0 bridgehead atoms. The number of fused-ring (bicyclic) bond motifs is 5. The summed E-state index contributed by atoms with van der Waals surface area (Å²) in [6.45, 7) is 1.84. The normalized spacial score (nSPS) is 26.8. The molecule has 4 aromatic rings. The van der Waals surface area contributed by atoms with Crippen molar-refractivity contribution in [3.05, 3.63) is 66.4 Å². The molecule has 2 aliphatic carbocycles. The molecule has 0 radical (unpaired) electrons. The number of carbonyl (C=O) groups excluding carboxylic acids is 4. The van der Waals surface area contributed by atoms with E-state index in [2.05, 4.69) is 25.1 Å². The number of hydrogen-bond acceptors (Lipinski definition) is 11. The van der Waals surface area contributed by atoms with Crippen molar-refractivity contribution in [3.63, 3.8) is 0 Å². The fourth-order valence-corrected chi connectivity index (χ4v) is 9.39. The molecule has 1 saturated heterocycles. The molecular weight excluding hydrogens is 725 g/mol. The number of aromatic nitrogens is 5. The third kappa shape index (κ3) is 7.31. The number of Topliss-reactive ketones (excluding diaryl/α,β-unsaturated/α-hetero) is 1. The molecule has 3 fully saturated rings. The number of hydrogen-bond donors (Lipinski definition) is 2. The van der Waals surface area contributed by atoms with E-state index in [1.165, 1.54) is 11.2 Å². The van der Waals surface area contributed by atoms with Crippen LogP contribution in [0, 0.1) is 18.3 Å². The molecule has 3 amide bonds. The summed E-state index contributed by atoms with van der Waals surface area (Å²) in [6, 6.07) is 7.23. The first-order valence-electron chi connectivity index (χ1n) is 19.0. The van der Waals surface area contributed by atoms with E-state index in [-0.39, 0.29) is 36.8 Å². The van der Waals surface area contributed by atoms with Gasteiger partial charge in [0, 0.05) is 42.6 Å². The first kappa shape index (κ1) is 36.7. The number of nitrogens with zero attached hydrogens (tertiary/aromatic N) is 6. The standard InChI is InChI=1S/C39H44N8O7S/c1-23-16-31(44-46(23)2)35(49)42-30-13-7-5-3-4-6-10-24-18-39(24,38(51)45-55(52,53)26-14-15-26)19-33(48)32-17-25(21-47(32)37(30)50)54-36-28-12-9-8-11-27(28)29-20-40-22-41-34(29)43-36/h6,8-12,16,20,22,24-26,30,32H,3-5,7,13-15,17-19,21H2,1-2H3,(H,42,49)(H,45,51)/b10-6-/t24-,25-,30+,32+,39-/m1/s1. The molecule has 1 aromatic carbocycles. The lowest BCUT2D eigenvalue weighted by molar-refractivity contribution is -0.140. The summed E-state index contributed by atoms with van der Waals surface area (Å²) in [5.74, 6) is -2.03. The molecule has 5 heterocycles. The number of pyridine rings is 1. The number of allylic oxidation sites excluding steroid dienone is 2. The molecule has 0 unspecified atom stereocenters. The van der Waals surface area contributed by atoms with E-state index in [4.69, 9.17) is 9.72 Å². The summed E-state index contributed by atoms with van der Waals surface area (Å²) in [4.78, 5) is 71.3. The number of nitrogens with one attached hydrogen (secondary N) is 2. The van der Waals surface area contributed by atoms with Crippen LogP contribution in [0.3, 0.4) is 0 Å². The second kappa shape index (κ2) is 14.4. The Kier molecular flexibility index (Phi) is 9.64. The Balaban J connectivity index is 1.12. The number of benzene rings is 1. The quantitative estimate of drug-likeness (QED) is 0.207. The van der Waals surface area contributed by atoms with Gasteiger partial charge in [-0.1, -0.05) is 43.2 Å². The van der Waals surface area contributed by atoms with Gasteiger partial charge in [-0.2, -0.15) is 10.1 Å². The lowest BCUT2D eigenvalue weighted by Crippen LogP contribution is -2.52. The van der Waals surface area contributed by atoms with Crippen LogP contribution in [0.1, 0.15) is 80.4 Å². The van der Waals surface area contributed by atoms with Crippen LogP contribution in [-0.2, 0) is 31.5 Å². The summed E-state index contributed by atoms with van der Waals surface area (Å²) in [5.41, 5.74) is 0.123. The van der Waals surface area contributed by atoms with Gasteiger partial charge in [0.25, 0.3) is 5.91 Å². The van der Waals surface area contributed by atoms with Crippen LogP contribution >= 0.6 is 0 Å². The molecule has 2 aliphatic heterocycles. The van der Waals surface area contributed by atoms with Crippen molar-refractivity contribution >= 4 is 55.3 Å². The lowest BCUT2D eigenvalue weighted by atomic mass is 9.91. The van der Waals surface area contributed by atoms with Gasteiger partial charge in [0.05, 0.1) is 23.3 Å². The molecular formula is C39H44N8O7S. The van der Waals surface area contributed by atoms with Gasteiger partial charge in [-0.05, 0) is 68.9 Å². The Bertz CT molecular complexity index is 2320. The second-order valence-corrected chi connectivity index (χ2v) is 17.3. The highest BCUT2D eigenvalue weighted by atomic mass is 32.2. The predicted octanol–water partition coefficient (Wildman–Crippen LogP) is 3.46. The van der Waals surface area contributed by atoms with Crippen molar-refractivity contribution in [2.24, 2.45) is 18.4 Å². The second-order valence-electron chi connectivity index (χ2n) is 15.4. The molecule has 8 rings (SSSR count). The zero-order chi connectivity index (χ0) is 38.5. The maximum absolute atomic E-state index is 14.7. The molecule has 16 heteroatoms. The minimum absolute atomic E-state index is 0.0146. The van der Waals surface area contributed by atoms with E-state index in [0.717, 1.165) is 35.7 Å². The van der Waals surface area contributed by atoms with E-state index < -0.39 is 56.6 Å². The number of aryl methyl sites for hydroxylation is 2. The first-order chi connectivity index (χ1) is 26.4. The summed E-state index contributed by atoms with van der Waals surface area (Å²) >= 11 is 0. The minimum atomic E-state index is -3.86. The van der Waals surface area contributed by atoms with Crippen LogP contribution in [0.5, 0.6) is 5.88 Å². The topological polar surface area (TPSA) is 195 Å². The average molecular weight is 769 g/mol. The van der Waals surface area contributed by atoms with Gasteiger partial charge >= 0.3 is 0 Å². The number of amides is 3. The van der Waals surface area contributed by atoms with E-state index >= 15 is 0 Å². The van der Waals surface area contributed by atoms with Crippen molar-refractivity contribution in [1.29, 1.82) is 0 Å². The first-order valence-corrected chi connectivity index (χ1v) is 20.5. The highest BCUT2D eigenvalue weighted by Gasteiger charge is 2.61. The summed E-state index contributed by atoms with van der Waals surface area (Å²) in [6.07, 6.45) is 10.8. The van der Waals surface area contributed by atoms with E-state index in [9.17, 15) is 27.6 Å². The smallest absolute Gasteiger partial charge is 0.272 e. The van der Waals surface area contributed by atoms with Gasteiger partial charge in [-0.15, -0.1) is 0 Å². The number of sulfonamides is 1. The van der Waals surface area contributed by atoms with Crippen LogP contribution < -0.4 is 14.8 Å². The number of ketones is 1. The molecule has 55 heavy (non-hydrogen) atoms. The van der Waals surface area contributed by atoms with Crippen LogP contribution in [0.4, 0.5) is 0 Å². The SMILES string of the molecule is Cc1cc(C(=O)N[C@H]2CCCCC/C=C\[C@@H]3C[C@@]3(C(=O)NS(=O)(=O)C3CC3)CC(=O)[C@@H]3C[C@@H](Oc4nc5ncncc5c5ccccc45)CN3C2=O)nn1C. The van der Waals surface area contributed by atoms with Gasteiger partial charge in [-0.25, -0.2) is 18.4 Å². The van der Waals surface area contributed by atoms with Gasteiger partial charge in [0.2, 0.25) is 27.7 Å². The fraction of sp³-hybridized carbons (Fsp3) is 0.487. The minimum Gasteiger partial charge on any atom is -0.472 e. The maximum Gasteiger partial charge on any atom is 0.272 e. The Morgan fingerprint density at radius 3 is 2.60 bits per heavy atom. The van der Waals surface area contributed by atoms with Gasteiger partial charge in [-0.3, -0.25) is 28.6 Å². The lowest BCUT2D eigenvalue weighted by Gasteiger charge is -2.29. The van der Waals surface area contributed by atoms with Crippen LogP contribution in [0.25, 0.3) is 21.8 Å². The van der Waals surface area contributed by atoms with E-state index in [1.807, 2.05) is 43.3 Å². The zero-order valence-electron chi connectivity index (χ0n) is 30.8. The summed E-state index contributed by atoms with van der Waals surface area (Å²) in [5, 5.41) is 8.89. The fourth-order valence-electron chi connectivity index (χ4n) is 8.00. The molecule has 3 aromatic heterocycles. The molecule has 2 saturated carbocycles. The highest BCUT2D eigenvalue weighted by molar-refractivity contribution is 7.90. The van der Waals surface area contributed by atoms with Crippen molar-refractivity contribution < 1.29 is 32.3 Å². The predicted molar refractivity (Wildman–Crippen MR) is 201 cm³/mol. The number of rotatable bonds is 7. The average Bonchev–Trinajstić information content (AvgIpc) is 4.07. The van der Waals surface area contributed by atoms with Gasteiger partial charge in [0.15, 0.2) is 11.4 Å². The molecule has 15 nitrogen and oxygen atoms in total. The molecule has 4 aliphatic rings. The van der Waals surface area contributed by atoms with Gasteiger partial charge in [0.1, 0.15) is 24.2 Å². The highest BCUT2D eigenvalue weighted by Crippen LogP contribution is 2.57. The molecule has 288 valence electrons. The Hall–Kier alpha value is -5.25. The third-order valence-electron chi connectivity index (χ3n) is 11.5. The van der Waals surface area contributed by atoms with Crippen LogP contribution in [0.2, 0.25) is 0 Å². The molecule has 5 atom stereocenters. The molecule has 0 spiro atoms. The third-order valence-corrected chi connectivity index (χ3v) is 13.3. The van der Waals surface area contributed by atoms with E-state index in [1.54, 1.807) is 24.0 Å². The largest absolute Gasteiger partial charge is 0.472 e. The van der Waals surface area contributed by atoms with Crippen molar-refractivity contribution in [1.82, 2.24) is 39.7 Å². The zero-order valence-corrected chi connectivity index (χ0v) is 31.6. The Labute approximate surface area is 318 Å². The number of ether oxygens (including phenoxy) is 1. The monoisotopic (exact) mass is 768 g/mol. The van der Waals surface area contributed by atoms with Gasteiger partial charge < -0.3 is 15.0 Å².